The van der Waals surface area contributed by atoms with Crippen molar-refractivity contribution in [1.82, 2.24) is 19.8 Å². The van der Waals surface area contributed by atoms with Crippen LogP contribution in [0, 0.1) is 12.3 Å². The van der Waals surface area contributed by atoms with Crippen molar-refractivity contribution in [2.24, 2.45) is 0 Å². The molecule has 3 aliphatic rings. The van der Waals surface area contributed by atoms with Gasteiger partial charge in [-0.25, -0.2) is 9.59 Å². The van der Waals surface area contributed by atoms with Crippen molar-refractivity contribution in [3.05, 3.63) is 84.4 Å². The van der Waals surface area contributed by atoms with Crippen molar-refractivity contribution in [3.8, 4) is 29.6 Å². The molecule has 2 unspecified atom stereocenters. The van der Waals surface area contributed by atoms with Crippen molar-refractivity contribution in [2.45, 2.75) is 18.8 Å². The highest BCUT2D eigenvalue weighted by molar-refractivity contribution is 5.79. The molecule has 3 heterocycles. The average Bonchev–Trinajstić information content (AvgIpc) is 3.29. The first-order chi connectivity index (χ1) is 21.5. The van der Waals surface area contributed by atoms with Crippen LogP contribution in [0.1, 0.15) is 5.56 Å². The third-order valence-electron chi connectivity index (χ3n) is 8.07. The fraction of sp³-hybridized carbons (Fsp3) is 0.333. The highest BCUT2D eigenvalue weighted by Gasteiger charge is 2.50. The first-order valence-electron chi connectivity index (χ1n) is 14.7. The lowest BCUT2D eigenvalue weighted by Gasteiger charge is -2.36. The third-order valence-corrected chi connectivity index (χ3v) is 8.07. The van der Waals surface area contributed by atoms with Crippen LogP contribution in [0.25, 0.3) is 0 Å². The predicted octanol–water partition coefficient (Wildman–Crippen LogP) is 3.60. The molecule has 3 aliphatic heterocycles. The van der Waals surface area contributed by atoms with Crippen molar-refractivity contribution in [1.29, 1.82) is 0 Å². The van der Waals surface area contributed by atoms with E-state index in [2.05, 4.69) is 15.7 Å². The zero-order valence-corrected chi connectivity index (χ0v) is 24.3. The molecule has 3 aromatic rings. The van der Waals surface area contributed by atoms with E-state index in [-0.39, 0.29) is 6.61 Å². The average molecular weight is 598 g/mol. The normalized spacial score (nSPS) is 20.2. The standard InChI is InChI=1S/C33H35N5O6/c1-2-22-42-27-14-10-26(11-15-27)35-17-19-36(20-18-35)33(41)44-38-31(39)30-24-34(16-21-37(30)32(38)40)23-25-8-12-29(13-9-25)43-28-6-4-3-5-7-28/h1,3-15,30-31,39H,16-24H2. The summed E-state index contributed by atoms with van der Waals surface area (Å²) in [6, 6.07) is 24.1. The number of fused-ring (bicyclic) bond motifs is 1. The van der Waals surface area contributed by atoms with Gasteiger partial charge in [0.1, 0.15) is 23.9 Å². The first kappa shape index (κ1) is 29.2. The van der Waals surface area contributed by atoms with Gasteiger partial charge in [-0.3, -0.25) is 4.90 Å². The Morgan fingerprint density at radius 3 is 2.25 bits per heavy atom. The number of urea groups is 1. The molecular formula is C33H35N5O6. The summed E-state index contributed by atoms with van der Waals surface area (Å²) in [7, 11) is 0. The molecule has 0 aromatic heterocycles. The van der Waals surface area contributed by atoms with E-state index < -0.39 is 24.4 Å². The Hall–Kier alpha value is -4.92. The molecule has 3 saturated heterocycles. The van der Waals surface area contributed by atoms with Crippen LogP contribution in [0.4, 0.5) is 15.3 Å². The number of piperazine rings is 2. The summed E-state index contributed by atoms with van der Waals surface area (Å²) in [5, 5.41) is 11.9. The molecular weight excluding hydrogens is 562 g/mol. The van der Waals surface area contributed by atoms with Gasteiger partial charge in [-0.15, -0.1) is 11.5 Å². The number of para-hydroxylation sites is 1. The first-order valence-corrected chi connectivity index (χ1v) is 14.7. The van der Waals surface area contributed by atoms with E-state index >= 15 is 0 Å². The number of hydrogen-bond donors (Lipinski definition) is 1. The number of anilines is 1. The maximum absolute atomic E-state index is 13.1. The minimum absolute atomic E-state index is 0.214. The number of amides is 3. The molecule has 3 amide bonds. The Bertz CT molecular complexity index is 1470. The minimum atomic E-state index is -1.26. The zero-order valence-electron chi connectivity index (χ0n) is 24.3. The van der Waals surface area contributed by atoms with Crippen LogP contribution in [0.2, 0.25) is 0 Å². The van der Waals surface area contributed by atoms with Crippen LogP contribution in [-0.2, 0) is 11.4 Å². The maximum atomic E-state index is 13.1. The van der Waals surface area contributed by atoms with Crippen molar-refractivity contribution >= 4 is 17.8 Å². The molecule has 1 N–H and O–H groups in total. The van der Waals surface area contributed by atoms with Crippen molar-refractivity contribution in [2.75, 3.05) is 57.3 Å². The Labute approximate surface area is 256 Å². The Morgan fingerprint density at radius 2 is 1.55 bits per heavy atom. The number of carbonyl (C=O) groups excluding carboxylic acids is 2. The molecule has 44 heavy (non-hydrogen) atoms. The summed E-state index contributed by atoms with van der Waals surface area (Å²) in [5.41, 5.74) is 2.10. The van der Waals surface area contributed by atoms with E-state index in [0.717, 1.165) is 27.8 Å². The quantitative estimate of drug-likeness (QED) is 0.394. The summed E-state index contributed by atoms with van der Waals surface area (Å²) < 4.78 is 11.3. The highest BCUT2D eigenvalue weighted by atomic mass is 16.7. The maximum Gasteiger partial charge on any atom is 0.434 e. The van der Waals surface area contributed by atoms with E-state index in [4.69, 9.17) is 20.7 Å². The van der Waals surface area contributed by atoms with Gasteiger partial charge in [0, 0.05) is 58.0 Å². The summed E-state index contributed by atoms with van der Waals surface area (Å²) in [6.07, 6.45) is 3.34. The smallest absolute Gasteiger partial charge is 0.434 e. The lowest BCUT2D eigenvalue weighted by molar-refractivity contribution is -0.153. The number of ether oxygens (including phenoxy) is 2. The number of hydrogen-bond acceptors (Lipinski definition) is 8. The summed E-state index contributed by atoms with van der Waals surface area (Å²) in [6.45, 7) is 4.41. The molecule has 0 radical (unpaired) electrons. The number of aliphatic hydroxyl groups excluding tert-OH is 1. The molecule has 0 aliphatic carbocycles. The molecule has 3 aromatic carbocycles. The highest BCUT2D eigenvalue weighted by Crippen LogP contribution is 2.28. The molecule has 0 spiro atoms. The SMILES string of the molecule is C#CCOc1ccc(N2CCN(C(=O)ON3C(=O)N4CCN(Cc5ccc(Oc6ccccc6)cc5)CC4C3O)CC2)cc1. The second-order valence-electron chi connectivity index (χ2n) is 10.9. The fourth-order valence-corrected chi connectivity index (χ4v) is 5.71. The van der Waals surface area contributed by atoms with Gasteiger partial charge in [-0.2, -0.15) is 0 Å². The molecule has 11 nitrogen and oxygen atoms in total. The number of nitrogens with zero attached hydrogens (tertiary/aromatic N) is 5. The largest absolute Gasteiger partial charge is 0.481 e. The summed E-state index contributed by atoms with van der Waals surface area (Å²) in [4.78, 5) is 39.0. The number of carbonyl (C=O) groups is 2. The lowest BCUT2D eigenvalue weighted by atomic mass is 10.1. The molecule has 0 saturated carbocycles. The van der Waals surface area contributed by atoms with Gasteiger partial charge < -0.3 is 34.1 Å². The van der Waals surface area contributed by atoms with E-state index in [1.807, 2.05) is 78.9 Å². The minimum Gasteiger partial charge on any atom is -0.481 e. The Kier molecular flexibility index (Phi) is 8.72. The number of hydroxylamine groups is 2. The van der Waals surface area contributed by atoms with Gasteiger partial charge in [0.2, 0.25) is 0 Å². The van der Waals surface area contributed by atoms with E-state index in [0.29, 0.717) is 58.1 Å². The summed E-state index contributed by atoms with van der Waals surface area (Å²) in [5.74, 6) is 4.67. The molecule has 0 bridgehead atoms. The van der Waals surface area contributed by atoms with Gasteiger partial charge in [0.15, 0.2) is 6.23 Å². The molecule has 11 heteroatoms. The Balaban J connectivity index is 0.983. The number of benzene rings is 3. The number of rotatable bonds is 8. The van der Waals surface area contributed by atoms with E-state index in [1.165, 1.54) is 0 Å². The lowest BCUT2D eigenvalue weighted by Crippen LogP contribution is -2.53. The van der Waals surface area contributed by atoms with Crippen molar-refractivity contribution < 1.29 is 29.0 Å². The van der Waals surface area contributed by atoms with Crippen LogP contribution in [0.15, 0.2) is 78.9 Å². The van der Waals surface area contributed by atoms with Crippen LogP contribution in [-0.4, -0.2) is 102 Å². The second kappa shape index (κ2) is 13.2. The van der Waals surface area contributed by atoms with E-state index in [1.54, 1.807) is 9.80 Å². The van der Waals surface area contributed by atoms with Gasteiger partial charge in [0.05, 0.1) is 6.04 Å². The van der Waals surface area contributed by atoms with Gasteiger partial charge in [-0.05, 0) is 54.1 Å². The van der Waals surface area contributed by atoms with Gasteiger partial charge >= 0.3 is 12.1 Å². The van der Waals surface area contributed by atoms with Gasteiger partial charge in [-0.1, -0.05) is 36.3 Å². The molecule has 228 valence electrons. The van der Waals surface area contributed by atoms with Crippen LogP contribution < -0.4 is 14.4 Å². The zero-order chi connectivity index (χ0) is 30.5. The summed E-state index contributed by atoms with van der Waals surface area (Å²) >= 11 is 0. The van der Waals surface area contributed by atoms with Crippen LogP contribution in [0.5, 0.6) is 17.2 Å². The molecule has 3 fully saturated rings. The van der Waals surface area contributed by atoms with Crippen LogP contribution in [0.3, 0.4) is 0 Å². The Morgan fingerprint density at radius 1 is 0.864 bits per heavy atom. The van der Waals surface area contributed by atoms with Gasteiger partial charge in [0.25, 0.3) is 0 Å². The van der Waals surface area contributed by atoms with Crippen LogP contribution >= 0.6 is 0 Å². The molecule has 6 rings (SSSR count). The van der Waals surface area contributed by atoms with Crippen molar-refractivity contribution in [3.63, 3.8) is 0 Å². The third kappa shape index (κ3) is 6.51. The molecule has 2 atom stereocenters. The monoisotopic (exact) mass is 597 g/mol. The van der Waals surface area contributed by atoms with E-state index in [9.17, 15) is 14.7 Å². The number of terminal acetylenes is 1. The fourth-order valence-electron chi connectivity index (χ4n) is 5.71. The topological polar surface area (TPSA) is 98.3 Å². The number of aliphatic hydroxyl groups is 1. The predicted molar refractivity (Wildman–Crippen MR) is 163 cm³/mol. The second-order valence-corrected chi connectivity index (χ2v) is 10.9.